The zero-order valence-electron chi connectivity index (χ0n) is 9.43. The second-order valence-electron chi connectivity index (χ2n) is 3.23. The number of ether oxygens (including phenoxy) is 2. The number of rotatable bonds is 10. The first-order valence-electron chi connectivity index (χ1n) is 5.64. The van der Waals surface area contributed by atoms with Crippen molar-refractivity contribution in [1.82, 2.24) is 0 Å². The third kappa shape index (κ3) is 9.53. The highest BCUT2D eigenvalue weighted by Crippen LogP contribution is 2.09. The molecule has 0 spiro atoms. The van der Waals surface area contributed by atoms with E-state index in [4.69, 9.17) is 18.5 Å². The van der Waals surface area contributed by atoms with Gasteiger partial charge in [-0.2, -0.15) is 0 Å². The molecule has 0 bridgehead atoms. The fourth-order valence-corrected chi connectivity index (χ4v) is 2.46. The molecule has 14 heavy (non-hydrogen) atoms. The lowest BCUT2D eigenvalue weighted by molar-refractivity contribution is -0.140. The van der Waals surface area contributed by atoms with Crippen molar-refractivity contribution in [2.75, 3.05) is 13.2 Å². The Kier molecular flexibility index (Phi) is 12.9. The van der Waals surface area contributed by atoms with E-state index in [2.05, 4.69) is 0 Å². The molecule has 0 radical (unpaired) electrons. The minimum atomic E-state index is -0.243. The summed E-state index contributed by atoms with van der Waals surface area (Å²) in [5, 5.41) is 0. The molecule has 0 rings (SSSR count). The van der Waals surface area contributed by atoms with E-state index in [1.165, 1.54) is 23.8 Å². The van der Waals surface area contributed by atoms with Crippen molar-refractivity contribution in [3.05, 3.63) is 0 Å². The van der Waals surface area contributed by atoms with Crippen LogP contribution in [0.3, 0.4) is 0 Å². The molecule has 0 aromatic heterocycles. The number of halogens is 1. The molecule has 0 N–H and O–H groups in total. The Bertz CT molecular complexity index is 108. The van der Waals surface area contributed by atoms with E-state index in [1.54, 1.807) is 0 Å². The van der Waals surface area contributed by atoms with Gasteiger partial charge in [-0.25, -0.2) is 0 Å². The summed E-state index contributed by atoms with van der Waals surface area (Å²) in [5.41, 5.74) is 0. The van der Waals surface area contributed by atoms with Gasteiger partial charge in [0, 0.05) is 13.2 Å². The highest BCUT2D eigenvalue weighted by Gasteiger charge is 2.06. The molecular weight excluding hydrogens is 212 g/mol. The minimum Gasteiger partial charge on any atom is -0.353 e. The maximum Gasteiger partial charge on any atom is 0.501 e. The van der Waals surface area contributed by atoms with Crippen LogP contribution in [0.4, 0.5) is 0 Å². The third-order valence-electron chi connectivity index (χ3n) is 2.03. The third-order valence-corrected chi connectivity index (χ3v) is 3.60. The zero-order valence-corrected chi connectivity index (χ0v) is 11.6. The second kappa shape index (κ2) is 12.0. The molecular formula is C10H21ClMgO2. The van der Waals surface area contributed by atoms with Crippen LogP contribution in [0.1, 0.15) is 39.5 Å². The van der Waals surface area contributed by atoms with Gasteiger partial charge in [0.05, 0.1) is 0 Å². The average Bonchev–Trinajstić information content (AvgIpc) is 2.18. The summed E-state index contributed by atoms with van der Waals surface area (Å²) in [6, 6.07) is 0. The Balaban J connectivity index is 3.30. The average molecular weight is 233 g/mol. The molecule has 0 unspecified atom stereocenters. The lowest BCUT2D eigenvalue weighted by Gasteiger charge is -2.16. The molecule has 0 aromatic rings. The van der Waals surface area contributed by atoms with Crippen molar-refractivity contribution in [3.8, 4) is 0 Å². The van der Waals surface area contributed by atoms with Crippen LogP contribution < -0.4 is 0 Å². The summed E-state index contributed by atoms with van der Waals surface area (Å²) in [6.07, 6.45) is 4.76. The summed E-state index contributed by atoms with van der Waals surface area (Å²) >= 11 is -0.243. The lowest BCUT2D eigenvalue weighted by Crippen LogP contribution is -2.17. The van der Waals surface area contributed by atoms with Gasteiger partial charge in [0.25, 0.3) is 0 Å². The molecule has 0 amide bonds. The van der Waals surface area contributed by atoms with E-state index in [0.29, 0.717) is 0 Å². The van der Waals surface area contributed by atoms with Crippen LogP contribution in [0.15, 0.2) is 0 Å². The number of unbranched alkanes of at least 4 members (excludes halogenated alkanes) is 2. The summed E-state index contributed by atoms with van der Waals surface area (Å²) < 4.78 is 12.2. The van der Waals surface area contributed by atoms with Crippen LogP contribution in [0.5, 0.6) is 0 Å². The van der Waals surface area contributed by atoms with Crippen molar-refractivity contribution in [2.45, 2.75) is 50.4 Å². The molecule has 0 aliphatic heterocycles. The zero-order chi connectivity index (χ0) is 10.6. The Morgan fingerprint density at radius 1 is 1.07 bits per heavy atom. The van der Waals surface area contributed by atoms with Gasteiger partial charge >= 0.3 is 19.3 Å². The van der Waals surface area contributed by atoms with Gasteiger partial charge < -0.3 is 18.5 Å². The molecule has 0 aromatic carbocycles. The first-order valence-corrected chi connectivity index (χ1v) is 8.78. The predicted molar refractivity (Wildman–Crippen MR) is 61.9 cm³/mol. The summed E-state index contributed by atoms with van der Waals surface area (Å²) in [6.45, 7) is 5.48. The molecule has 2 nitrogen and oxygen atoms in total. The Morgan fingerprint density at radius 2 is 1.71 bits per heavy atom. The summed E-state index contributed by atoms with van der Waals surface area (Å²) in [4.78, 5) is 0. The van der Waals surface area contributed by atoms with Gasteiger partial charge in [-0.1, -0.05) is 12.8 Å². The summed E-state index contributed by atoms with van der Waals surface area (Å²) in [5.74, 6) is 0. The maximum atomic E-state index is 5.73. The van der Waals surface area contributed by atoms with Crippen LogP contribution in [-0.2, 0) is 9.47 Å². The van der Waals surface area contributed by atoms with E-state index in [9.17, 15) is 0 Å². The first-order chi connectivity index (χ1) is 6.85. The molecule has 4 heteroatoms. The maximum absolute atomic E-state index is 5.73. The smallest absolute Gasteiger partial charge is 0.353 e. The van der Waals surface area contributed by atoms with Crippen LogP contribution in [0.25, 0.3) is 0 Å². The van der Waals surface area contributed by atoms with Crippen LogP contribution in [0.2, 0.25) is 4.55 Å². The van der Waals surface area contributed by atoms with E-state index < -0.39 is 0 Å². The van der Waals surface area contributed by atoms with Gasteiger partial charge in [-0.15, -0.1) is 4.55 Å². The Hall–Kier alpha value is 0.976. The quantitative estimate of drug-likeness (QED) is 0.327. The predicted octanol–water partition coefficient (Wildman–Crippen LogP) is 3.22. The molecule has 0 aliphatic carbocycles. The SMILES string of the molecule is CCOC(CCCC[CH2][Mg][Cl])OCC. The lowest BCUT2D eigenvalue weighted by atomic mass is 10.2. The second-order valence-corrected chi connectivity index (χ2v) is 5.45. The van der Waals surface area contributed by atoms with Gasteiger partial charge in [-0.05, 0) is 26.7 Å². The van der Waals surface area contributed by atoms with Crippen molar-refractivity contribution in [3.63, 3.8) is 0 Å². The van der Waals surface area contributed by atoms with Crippen molar-refractivity contribution < 1.29 is 9.47 Å². The normalized spacial score (nSPS) is 10.6. The highest BCUT2D eigenvalue weighted by molar-refractivity contribution is 6.93. The molecule has 0 heterocycles. The van der Waals surface area contributed by atoms with Crippen molar-refractivity contribution >= 4 is 28.3 Å². The monoisotopic (exact) mass is 232 g/mol. The molecule has 82 valence electrons. The molecule has 0 saturated carbocycles. The van der Waals surface area contributed by atoms with E-state index in [-0.39, 0.29) is 25.6 Å². The fraction of sp³-hybridized carbons (Fsp3) is 1.00. The molecule has 0 aliphatic rings. The van der Waals surface area contributed by atoms with Crippen LogP contribution >= 0.6 is 9.07 Å². The van der Waals surface area contributed by atoms with Crippen LogP contribution in [-0.4, -0.2) is 38.8 Å². The standard InChI is InChI=1S/C10H21O2.ClH.Mg/c1-4-7-8-9-10(11-5-2)12-6-3;;/h10H,1,4-9H2,2-3H3;1H;/q;;+1/p-1. The highest BCUT2D eigenvalue weighted by atomic mass is 35.5. The molecule has 0 fully saturated rings. The van der Waals surface area contributed by atoms with E-state index in [0.717, 1.165) is 19.6 Å². The number of hydrogen-bond acceptors (Lipinski definition) is 2. The topological polar surface area (TPSA) is 18.5 Å². The molecule has 0 atom stereocenters. The largest absolute Gasteiger partial charge is 0.501 e. The van der Waals surface area contributed by atoms with Crippen molar-refractivity contribution in [2.24, 2.45) is 0 Å². The Morgan fingerprint density at radius 3 is 2.21 bits per heavy atom. The minimum absolute atomic E-state index is 0.0123. The molecule has 0 saturated heterocycles. The van der Waals surface area contributed by atoms with Gasteiger partial charge in [0.15, 0.2) is 6.29 Å². The van der Waals surface area contributed by atoms with Crippen LogP contribution in [0, 0.1) is 0 Å². The first kappa shape index (κ1) is 15.0. The van der Waals surface area contributed by atoms with E-state index >= 15 is 0 Å². The fourth-order valence-electron chi connectivity index (χ4n) is 1.35. The Labute approximate surface area is 101 Å². The number of hydrogen-bond donors (Lipinski definition) is 0. The summed E-state index contributed by atoms with van der Waals surface area (Å²) in [7, 11) is 5.73. The van der Waals surface area contributed by atoms with Crippen molar-refractivity contribution in [1.29, 1.82) is 0 Å². The van der Waals surface area contributed by atoms with E-state index in [1.807, 2.05) is 13.8 Å². The van der Waals surface area contributed by atoms with Gasteiger partial charge in [0.1, 0.15) is 0 Å². The van der Waals surface area contributed by atoms with Gasteiger partial charge in [0.2, 0.25) is 0 Å². The van der Waals surface area contributed by atoms with Gasteiger partial charge in [-0.3, -0.25) is 0 Å².